The minimum atomic E-state index is -3.72. The second-order valence-corrected chi connectivity index (χ2v) is 10.3. The zero-order valence-electron chi connectivity index (χ0n) is 18.8. The summed E-state index contributed by atoms with van der Waals surface area (Å²) in [6.07, 6.45) is 1.89. The summed E-state index contributed by atoms with van der Waals surface area (Å²) < 4.78 is 27.0. The number of rotatable bonds is 10. The lowest BCUT2D eigenvalue weighted by molar-refractivity contribution is -0.139. The first-order valence-corrected chi connectivity index (χ1v) is 13.1. The van der Waals surface area contributed by atoms with E-state index in [9.17, 15) is 18.0 Å². The number of sulfonamides is 1. The number of carbonyl (C=O) groups excluding carboxylic acids is 2. The van der Waals surface area contributed by atoms with Crippen LogP contribution in [0.25, 0.3) is 0 Å². The molecule has 0 saturated heterocycles. The van der Waals surface area contributed by atoms with Crippen molar-refractivity contribution in [1.82, 2.24) is 10.2 Å². The molecular formula is C23H30BrN3O4S. The maximum Gasteiger partial charge on any atom is 0.244 e. The number of carbonyl (C=O) groups is 2. The first-order valence-electron chi connectivity index (χ1n) is 10.4. The van der Waals surface area contributed by atoms with Gasteiger partial charge >= 0.3 is 0 Å². The number of amides is 2. The van der Waals surface area contributed by atoms with Gasteiger partial charge in [-0.2, -0.15) is 0 Å². The molecule has 0 radical (unpaired) electrons. The van der Waals surface area contributed by atoms with Gasteiger partial charge in [-0.15, -0.1) is 0 Å². The molecule has 2 amide bonds. The van der Waals surface area contributed by atoms with Gasteiger partial charge in [0.15, 0.2) is 0 Å². The highest BCUT2D eigenvalue weighted by Crippen LogP contribution is 2.20. The van der Waals surface area contributed by atoms with Crippen molar-refractivity contribution in [2.75, 3.05) is 23.7 Å². The maximum absolute atomic E-state index is 13.3. The van der Waals surface area contributed by atoms with Gasteiger partial charge in [-0.05, 0) is 55.7 Å². The molecule has 174 valence electrons. The second-order valence-electron chi connectivity index (χ2n) is 7.51. The van der Waals surface area contributed by atoms with E-state index in [0.29, 0.717) is 12.2 Å². The largest absolute Gasteiger partial charge is 0.355 e. The fourth-order valence-electron chi connectivity index (χ4n) is 3.20. The van der Waals surface area contributed by atoms with Crippen LogP contribution < -0.4 is 9.62 Å². The molecule has 0 aromatic heterocycles. The summed E-state index contributed by atoms with van der Waals surface area (Å²) in [5.74, 6) is -0.757. The molecule has 32 heavy (non-hydrogen) atoms. The van der Waals surface area contributed by atoms with Crippen molar-refractivity contribution >= 4 is 43.5 Å². The summed E-state index contributed by atoms with van der Waals surface area (Å²) in [4.78, 5) is 27.3. The first kappa shape index (κ1) is 25.9. The molecule has 0 heterocycles. The van der Waals surface area contributed by atoms with Crippen molar-refractivity contribution in [2.24, 2.45) is 0 Å². The highest BCUT2D eigenvalue weighted by Gasteiger charge is 2.29. The summed E-state index contributed by atoms with van der Waals surface area (Å²) >= 11 is 3.39. The van der Waals surface area contributed by atoms with Crippen molar-refractivity contribution in [1.29, 1.82) is 0 Å². The van der Waals surface area contributed by atoms with Gasteiger partial charge in [0.05, 0.1) is 11.9 Å². The summed E-state index contributed by atoms with van der Waals surface area (Å²) in [5, 5.41) is 2.73. The fraction of sp³-hybridized carbons (Fsp3) is 0.391. The van der Waals surface area contributed by atoms with Crippen molar-refractivity contribution in [3.8, 4) is 0 Å². The molecule has 0 aliphatic carbocycles. The van der Waals surface area contributed by atoms with Crippen LogP contribution >= 0.6 is 15.9 Å². The lowest BCUT2D eigenvalue weighted by Crippen LogP contribution is -2.51. The lowest BCUT2D eigenvalue weighted by Gasteiger charge is -2.31. The van der Waals surface area contributed by atoms with E-state index in [0.717, 1.165) is 32.6 Å². The van der Waals surface area contributed by atoms with Crippen LogP contribution in [-0.2, 0) is 32.6 Å². The molecule has 2 rings (SSSR count). The van der Waals surface area contributed by atoms with E-state index in [1.54, 1.807) is 26.0 Å². The normalized spacial score (nSPS) is 12.2. The number of hydrogen-bond donors (Lipinski definition) is 1. The molecule has 0 aliphatic heterocycles. The number of benzene rings is 2. The molecule has 9 heteroatoms. The maximum atomic E-state index is 13.3. The van der Waals surface area contributed by atoms with Crippen LogP contribution in [0, 0.1) is 0 Å². The van der Waals surface area contributed by atoms with E-state index in [4.69, 9.17) is 0 Å². The quantitative estimate of drug-likeness (QED) is 0.517. The fourth-order valence-corrected chi connectivity index (χ4v) is 4.32. The zero-order chi connectivity index (χ0) is 23.9. The lowest BCUT2D eigenvalue weighted by atomic mass is 10.1. The third kappa shape index (κ3) is 7.06. The number of halogens is 1. The van der Waals surface area contributed by atoms with Crippen molar-refractivity contribution in [2.45, 2.75) is 39.8 Å². The first-order chi connectivity index (χ1) is 15.1. The van der Waals surface area contributed by atoms with Crippen LogP contribution in [0.2, 0.25) is 0 Å². The molecule has 0 fully saturated rings. The Hall–Kier alpha value is -2.39. The third-order valence-corrected chi connectivity index (χ3v) is 6.77. The molecule has 0 spiro atoms. The average molecular weight is 524 g/mol. The Morgan fingerprint density at radius 3 is 2.06 bits per heavy atom. The zero-order valence-corrected chi connectivity index (χ0v) is 21.2. The molecular weight excluding hydrogens is 494 g/mol. The Labute approximate surface area is 199 Å². The van der Waals surface area contributed by atoms with E-state index in [2.05, 4.69) is 21.2 Å². The molecule has 0 aliphatic rings. The molecule has 1 unspecified atom stereocenters. The number of nitrogens with zero attached hydrogens (tertiary/aromatic N) is 2. The Morgan fingerprint density at radius 2 is 1.56 bits per heavy atom. The standard InChI is InChI=1S/C23H30BrN3O4S/c1-5-18-9-13-21(14-10-18)27(32(4,30)31)16-22(28)26(17(3)23(29)25-6-2)15-19-7-11-20(24)12-8-19/h7-14,17H,5-6,15-16H2,1-4H3,(H,25,29). The van der Waals surface area contributed by atoms with Gasteiger partial charge in [-0.25, -0.2) is 8.42 Å². The van der Waals surface area contributed by atoms with Gasteiger partial charge in [0.25, 0.3) is 0 Å². The van der Waals surface area contributed by atoms with Crippen molar-refractivity contribution in [3.63, 3.8) is 0 Å². The molecule has 1 N–H and O–H groups in total. The minimum Gasteiger partial charge on any atom is -0.355 e. The SMILES string of the molecule is CCNC(=O)C(C)N(Cc1ccc(Br)cc1)C(=O)CN(c1ccc(CC)cc1)S(C)(=O)=O. The Balaban J connectivity index is 2.35. The predicted molar refractivity (Wildman–Crippen MR) is 131 cm³/mol. The number of aryl methyl sites for hydroxylation is 1. The summed E-state index contributed by atoms with van der Waals surface area (Å²) in [6, 6.07) is 13.7. The minimum absolute atomic E-state index is 0.177. The number of likely N-dealkylation sites (N-methyl/N-ethyl adjacent to an activating group) is 1. The van der Waals surface area contributed by atoms with Gasteiger partial charge in [0.1, 0.15) is 12.6 Å². The number of hydrogen-bond acceptors (Lipinski definition) is 4. The van der Waals surface area contributed by atoms with E-state index >= 15 is 0 Å². The molecule has 7 nitrogen and oxygen atoms in total. The van der Waals surface area contributed by atoms with Crippen LogP contribution in [-0.4, -0.2) is 50.5 Å². The number of anilines is 1. The molecule has 0 saturated carbocycles. The molecule has 0 bridgehead atoms. The van der Waals surface area contributed by atoms with Gasteiger partial charge in [-0.3, -0.25) is 13.9 Å². The Kier molecular flexibility index (Phi) is 9.27. The summed E-state index contributed by atoms with van der Waals surface area (Å²) in [5.41, 5.74) is 2.30. The Morgan fingerprint density at radius 1 is 1.00 bits per heavy atom. The molecule has 2 aromatic rings. The van der Waals surface area contributed by atoms with E-state index < -0.39 is 28.5 Å². The van der Waals surface area contributed by atoms with Crippen molar-refractivity contribution in [3.05, 3.63) is 64.1 Å². The van der Waals surface area contributed by atoms with Crippen LogP contribution in [0.4, 0.5) is 5.69 Å². The third-order valence-electron chi connectivity index (χ3n) is 5.10. The topological polar surface area (TPSA) is 86.8 Å². The van der Waals surface area contributed by atoms with Crippen LogP contribution in [0.3, 0.4) is 0 Å². The smallest absolute Gasteiger partial charge is 0.244 e. The highest BCUT2D eigenvalue weighted by molar-refractivity contribution is 9.10. The van der Waals surface area contributed by atoms with Gasteiger partial charge in [-0.1, -0.05) is 47.1 Å². The Bertz CT molecular complexity index is 1020. The number of nitrogens with one attached hydrogen (secondary N) is 1. The summed E-state index contributed by atoms with van der Waals surface area (Å²) in [7, 11) is -3.72. The second kappa shape index (κ2) is 11.5. The molecule has 2 aromatic carbocycles. The van der Waals surface area contributed by atoms with Gasteiger partial charge in [0.2, 0.25) is 21.8 Å². The van der Waals surface area contributed by atoms with Crippen LogP contribution in [0.5, 0.6) is 0 Å². The van der Waals surface area contributed by atoms with Crippen LogP contribution in [0.15, 0.2) is 53.0 Å². The monoisotopic (exact) mass is 523 g/mol. The van der Waals surface area contributed by atoms with Gasteiger partial charge in [0, 0.05) is 17.6 Å². The summed E-state index contributed by atoms with van der Waals surface area (Å²) in [6.45, 7) is 5.67. The van der Waals surface area contributed by atoms with Gasteiger partial charge < -0.3 is 10.2 Å². The van der Waals surface area contributed by atoms with E-state index in [1.165, 1.54) is 4.90 Å². The van der Waals surface area contributed by atoms with E-state index in [-0.39, 0.29) is 12.5 Å². The average Bonchev–Trinajstić information content (AvgIpc) is 2.76. The molecule has 1 atom stereocenters. The van der Waals surface area contributed by atoms with Crippen molar-refractivity contribution < 1.29 is 18.0 Å². The van der Waals surface area contributed by atoms with Crippen LogP contribution in [0.1, 0.15) is 31.9 Å². The predicted octanol–water partition coefficient (Wildman–Crippen LogP) is 3.33. The van der Waals surface area contributed by atoms with E-state index in [1.807, 2.05) is 43.3 Å². The highest BCUT2D eigenvalue weighted by atomic mass is 79.9.